The van der Waals surface area contributed by atoms with Gasteiger partial charge in [0.05, 0.1) is 31.5 Å². The highest BCUT2D eigenvalue weighted by Crippen LogP contribution is 2.37. The van der Waals surface area contributed by atoms with Gasteiger partial charge in [-0.15, -0.1) is 0 Å². The Labute approximate surface area is 207 Å². The molecule has 9 heteroatoms. The van der Waals surface area contributed by atoms with E-state index in [-0.39, 0.29) is 49.3 Å². The number of aliphatic hydroxyl groups excluding tert-OH is 2. The minimum Gasteiger partial charge on any atom is -0.481 e. The minimum absolute atomic E-state index is 0.00640. The van der Waals surface area contributed by atoms with E-state index in [9.17, 15) is 24.6 Å². The molecule has 9 nitrogen and oxygen atoms in total. The van der Waals surface area contributed by atoms with Crippen LogP contribution in [0.1, 0.15) is 78.6 Å². The van der Waals surface area contributed by atoms with Crippen LogP contribution in [0.2, 0.25) is 0 Å². The number of carboxylic acid groups (broad SMARTS) is 1. The normalized spacial score (nSPS) is 28.4. The highest BCUT2D eigenvalue weighted by atomic mass is 16.6. The average molecular weight is 499 g/mol. The first kappa shape index (κ1) is 29.4. The molecule has 0 amide bonds. The molecule has 2 saturated heterocycles. The first-order chi connectivity index (χ1) is 16.6. The molecule has 2 aliphatic rings. The van der Waals surface area contributed by atoms with Crippen LogP contribution in [0.5, 0.6) is 0 Å². The number of carboxylic acids is 1. The van der Waals surface area contributed by atoms with Gasteiger partial charge in [-0.25, -0.2) is 4.79 Å². The molecule has 0 aliphatic carbocycles. The lowest BCUT2D eigenvalue weighted by molar-refractivity contribution is -0.156. The summed E-state index contributed by atoms with van der Waals surface area (Å²) < 4.78 is 16.6. The van der Waals surface area contributed by atoms with E-state index < -0.39 is 30.3 Å². The quantitative estimate of drug-likeness (QED) is 0.127. The van der Waals surface area contributed by atoms with Gasteiger partial charge in [-0.2, -0.15) is 0 Å². The Morgan fingerprint density at radius 1 is 1.14 bits per heavy atom. The number of unbranched alkanes of at least 4 members (excludes halogenated alkanes) is 5. The molecule has 2 aliphatic heterocycles. The van der Waals surface area contributed by atoms with Crippen LogP contribution in [0.25, 0.3) is 0 Å². The van der Waals surface area contributed by atoms with Crippen molar-refractivity contribution in [2.24, 2.45) is 11.8 Å². The number of aliphatic carboxylic acids is 1. The SMILES string of the molecule is C/C(=C\C(=O)OCCCCCCCCC(=O)O)C[C@@H]1OC[C@H](C[C@@H]2O[C@H]2[C@@H](C)[C@H](C)O)[C@@H](O)C1=O. The summed E-state index contributed by atoms with van der Waals surface area (Å²) in [6.45, 7) is 5.92. The molecule has 0 spiro atoms. The number of epoxide rings is 1. The third-order valence-electron chi connectivity index (χ3n) is 6.90. The predicted octanol–water partition coefficient (Wildman–Crippen LogP) is 2.80. The molecule has 35 heavy (non-hydrogen) atoms. The Balaban J connectivity index is 1.62. The summed E-state index contributed by atoms with van der Waals surface area (Å²) in [5, 5.41) is 28.8. The summed E-state index contributed by atoms with van der Waals surface area (Å²) in [7, 11) is 0. The Morgan fingerprint density at radius 3 is 2.46 bits per heavy atom. The molecular formula is C26H42O9. The topological polar surface area (TPSA) is 143 Å². The molecule has 2 heterocycles. The van der Waals surface area contributed by atoms with Crippen molar-refractivity contribution in [3.8, 4) is 0 Å². The smallest absolute Gasteiger partial charge is 0.330 e. The summed E-state index contributed by atoms with van der Waals surface area (Å²) >= 11 is 0. The van der Waals surface area contributed by atoms with Crippen molar-refractivity contribution >= 4 is 17.7 Å². The van der Waals surface area contributed by atoms with Crippen LogP contribution < -0.4 is 0 Å². The minimum atomic E-state index is -1.13. The fourth-order valence-corrected chi connectivity index (χ4v) is 4.43. The van der Waals surface area contributed by atoms with Gasteiger partial charge in [0, 0.05) is 30.8 Å². The largest absolute Gasteiger partial charge is 0.481 e. The zero-order chi connectivity index (χ0) is 26.0. The molecule has 200 valence electrons. The van der Waals surface area contributed by atoms with Gasteiger partial charge < -0.3 is 29.5 Å². The second kappa shape index (κ2) is 14.7. The van der Waals surface area contributed by atoms with Crippen molar-refractivity contribution in [2.75, 3.05) is 13.2 Å². The van der Waals surface area contributed by atoms with Crippen LogP contribution in [-0.2, 0) is 28.6 Å². The number of ketones is 1. The van der Waals surface area contributed by atoms with E-state index in [1.807, 2.05) is 6.92 Å². The molecule has 0 saturated carbocycles. The van der Waals surface area contributed by atoms with E-state index >= 15 is 0 Å². The summed E-state index contributed by atoms with van der Waals surface area (Å²) in [6, 6.07) is 0. The molecule has 0 radical (unpaired) electrons. The van der Waals surface area contributed by atoms with E-state index in [0.717, 1.165) is 32.1 Å². The van der Waals surface area contributed by atoms with Crippen LogP contribution in [0.4, 0.5) is 0 Å². The van der Waals surface area contributed by atoms with Crippen LogP contribution in [0, 0.1) is 11.8 Å². The zero-order valence-electron chi connectivity index (χ0n) is 21.2. The van der Waals surface area contributed by atoms with Gasteiger partial charge in [-0.05, 0) is 33.1 Å². The van der Waals surface area contributed by atoms with E-state index in [1.165, 1.54) is 6.08 Å². The maximum absolute atomic E-state index is 12.6. The molecule has 0 bridgehead atoms. The van der Waals surface area contributed by atoms with Crippen LogP contribution >= 0.6 is 0 Å². The van der Waals surface area contributed by atoms with Gasteiger partial charge >= 0.3 is 11.9 Å². The summed E-state index contributed by atoms with van der Waals surface area (Å²) in [5.41, 5.74) is 0.647. The number of carbonyl (C=O) groups excluding carboxylic acids is 2. The first-order valence-corrected chi connectivity index (χ1v) is 12.8. The van der Waals surface area contributed by atoms with Gasteiger partial charge in [0.1, 0.15) is 12.2 Å². The molecule has 2 rings (SSSR count). The third-order valence-corrected chi connectivity index (χ3v) is 6.90. The summed E-state index contributed by atoms with van der Waals surface area (Å²) in [4.78, 5) is 35.1. The number of rotatable bonds is 16. The highest BCUT2D eigenvalue weighted by molar-refractivity contribution is 5.89. The lowest BCUT2D eigenvalue weighted by Crippen LogP contribution is -2.47. The number of carbonyl (C=O) groups is 3. The molecule has 0 aromatic rings. The molecule has 0 unspecified atom stereocenters. The van der Waals surface area contributed by atoms with Crippen molar-refractivity contribution < 1.29 is 43.9 Å². The average Bonchev–Trinajstić information content (AvgIpc) is 3.55. The molecular weight excluding hydrogens is 456 g/mol. The Morgan fingerprint density at radius 2 is 1.80 bits per heavy atom. The number of hydrogen-bond donors (Lipinski definition) is 3. The van der Waals surface area contributed by atoms with Crippen LogP contribution in [0.3, 0.4) is 0 Å². The number of aliphatic hydroxyl groups is 2. The molecule has 7 atom stereocenters. The Kier molecular flexibility index (Phi) is 12.3. The second-order valence-electron chi connectivity index (χ2n) is 10.0. The lowest BCUT2D eigenvalue weighted by Gasteiger charge is -2.32. The van der Waals surface area contributed by atoms with Gasteiger partial charge in [0.15, 0.2) is 5.78 Å². The van der Waals surface area contributed by atoms with E-state index in [0.29, 0.717) is 25.0 Å². The maximum Gasteiger partial charge on any atom is 0.330 e. The van der Waals surface area contributed by atoms with Gasteiger partial charge in [0.2, 0.25) is 0 Å². The van der Waals surface area contributed by atoms with Crippen LogP contribution in [0.15, 0.2) is 11.6 Å². The molecule has 2 fully saturated rings. The molecule has 3 N–H and O–H groups in total. The number of esters is 1. The zero-order valence-corrected chi connectivity index (χ0v) is 21.2. The monoisotopic (exact) mass is 498 g/mol. The van der Waals surface area contributed by atoms with Crippen molar-refractivity contribution in [1.82, 2.24) is 0 Å². The first-order valence-electron chi connectivity index (χ1n) is 12.8. The van der Waals surface area contributed by atoms with Gasteiger partial charge in [0.25, 0.3) is 0 Å². The number of Topliss-reactive ketones (excluding diaryl/α,β-unsaturated/α-hetero) is 1. The maximum atomic E-state index is 12.6. The fourth-order valence-electron chi connectivity index (χ4n) is 4.43. The van der Waals surface area contributed by atoms with E-state index in [4.69, 9.17) is 19.3 Å². The summed E-state index contributed by atoms with van der Waals surface area (Å²) in [6.07, 6.45) is 4.93. The Bertz CT molecular complexity index is 732. The van der Waals surface area contributed by atoms with E-state index in [1.54, 1.807) is 13.8 Å². The lowest BCUT2D eigenvalue weighted by atomic mass is 9.86. The van der Waals surface area contributed by atoms with Crippen LogP contribution in [-0.4, -0.2) is 76.8 Å². The van der Waals surface area contributed by atoms with Crippen molar-refractivity contribution in [3.63, 3.8) is 0 Å². The van der Waals surface area contributed by atoms with Crippen molar-refractivity contribution in [1.29, 1.82) is 0 Å². The van der Waals surface area contributed by atoms with Crippen molar-refractivity contribution in [3.05, 3.63) is 11.6 Å². The standard InChI is InChI=1S/C26H42O9/c1-16(13-23(30)33-11-9-7-5-4-6-8-10-22(28)29)12-20-25(32)24(31)19(15-34-20)14-21-26(35-21)17(2)18(3)27/h13,17-21,24,26-27,31H,4-12,14-15H2,1-3H3,(H,28,29)/b16-13+/t17-,18-,19-,20-,21-,24+,26-/m0/s1. The molecule has 0 aromatic carbocycles. The highest BCUT2D eigenvalue weighted by Gasteiger charge is 2.48. The number of ether oxygens (including phenoxy) is 3. The second-order valence-corrected chi connectivity index (χ2v) is 10.0. The Hall–Kier alpha value is -1.81. The fraction of sp³-hybridized carbons (Fsp3) is 0.808. The third kappa shape index (κ3) is 10.4. The molecule has 0 aromatic heterocycles. The van der Waals surface area contributed by atoms with E-state index in [2.05, 4.69) is 0 Å². The summed E-state index contributed by atoms with van der Waals surface area (Å²) in [5.74, 6) is -1.96. The van der Waals surface area contributed by atoms with Gasteiger partial charge in [-0.1, -0.05) is 38.2 Å². The number of hydrogen-bond acceptors (Lipinski definition) is 8. The van der Waals surface area contributed by atoms with Crippen molar-refractivity contribution in [2.45, 2.75) is 109 Å². The van der Waals surface area contributed by atoms with Gasteiger partial charge in [-0.3, -0.25) is 9.59 Å². The predicted molar refractivity (Wildman–Crippen MR) is 128 cm³/mol.